The number of benzene rings is 1. The van der Waals surface area contributed by atoms with Crippen LogP contribution in [-0.2, 0) is 17.9 Å². The van der Waals surface area contributed by atoms with E-state index in [9.17, 15) is 9.59 Å². The van der Waals surface area contributed by atoms with E-state index in [1.165, 1.54) is 4.90 Å². The predicted molar refractivity (Wildman–Crippen MR) is 102 cm³/mol. The van der Waals surface area contributed by atoms with E-state index in [1.54, 1.807) is 12.4 Å². The summed E-state index contributed by atoms with van der Waals surface area (Å²) in [5, 5.41) is 3.98. The molecule has 1 N–H and O–H groups in total. The van der Waals surface area contributed by atoms with Crippen LogP contribution in [0.5, 0.6) is 0 Å². The Bertz CT molecular complexity index is 828. The Hall–Kier alpha value is -2.44. The van der Waals surface area contributed by atoms with Gasteiger partial charge < -0.3 is 10.2 Å². The summed E-state index contributed by atoms with van der Waals surface area (Å²) in [7, 11) is 0. The van der Waals surface area contributed by atoms with Gasteiger partial charge in [-0.05, 0) is 54.8 Å². The highest BCUT2D eigenvalue weighted by Gasteiger charge is 2.46. The molecule has 3 amide bonds. The molecule has 1 aromatic carbocycles. The van der Waals surface area contributed by atoms with E-state index in [0.29, 0.717) is 11.6 Å². The van der Waals surface area contributed by atoms with Crippen molar-refractivity contribution in [1.29, 1.82) is 0 Å². The molecular weight excluding hydrogens is 364 g/mol. The highest BCUT2D eigenvalue weighted by Crippen LogP contribution is 2.27. The van der Waals surface area contributed by atoms with Gasteiger partial charge in [0.25, 0.3) is 0 Å². The first-order valence-corrected chi connectivity index (χ1v) is 9.50. The van der Waals surface area contributed by atoms with Crippen LogP contribution in [0, 0.1) is 0 Å². The third kappa shape index (κ3) is 3.68. The molecule has 2 saturated heterocycles. The SMILES string of the molecule is O=C1C2NCCCC2N(Cc2ccc(Cl)cc2)C(=O)N1Cc1ccncc1. The molecule has 0 radical (unpaired) electrons. The van der Waals surface area contributed by atoms with Crippen molar-refractivity contribution >= 4 is 23.5 Å². The minimum atomic E-state index is -0.356. The highest BCUT2D eigenvalue weighted by molar-refractivity contribution is 6.30. The van der Waals surface area contributed by atoms with Gasteiger partial charge in [-0.2, -0.15) is 0 Å². The second-order valence-electron chi connectivity index (χ2n) is 6.96. The van der Waals surface area contributed by atoms with Crippen molar-refractivity contribution in [3.8, 4) is 0 Å². The fraction of sp³-hybridized carbons (Fsp3) is 0.350. The third-order valence-electron chi connectivity index (χ3n) is 5.19. The molecule has 3 heterocycles. The summed E-state index contributed by atoms with van der Waals surface area (Å²) in [4.78, 5) is 33.4. The molecule has 0 spiro atoms. The maximum absolute atomic E-state index is 13.2. The number of imide groups is 1. The second-order valence-corrected chi connectivity index (χ2v) is 7.39. The molecule has 2 aliphatic heterocycles. The Morgan fingerprint density at radius 3 is 2.48 bits per heavy atom. The third-order valence-corrected chi connectivity index (χ3v) is 5.44. The first kappa shape index (κ1) is 17.9. The van der Waals surface area contributed by atoms with Gasteiger partial charge in [0, 0.05) is 24.0 Å². The molecule has 1 aromatic heterocycles. The van der Waals surface area contributed by atoms with Crippen LogP contribution in [0.3, 0.4) is 0 Å². The van der Waals surface area contributed by atoms with Gasteiger partial charge >= 0.3 is 6.03 Å². The lowest BCUT2D eigenvalue weighted by atomic mass is 9.93. The first-order valence-electron chi connectivity index (χ1n) is 9.12. The van der Waals surface area contributed by atoms with Crippen molar-refractivity contribution in [2.24, 2.45) is 0 Å². The van der Waals surface area contributed by atoms with Gasteiger partial charge in [-0.1, -0.05) is 23.7 Å². The van der Waals surface area contributed by atoms with Crippen LogP contribution >= 0.6 is 11.6 Å². The summed E-state index contributed by atoms with van der Waals surface area (Å²) in [6.07, 6.45) is 5.11. The molecule has 0 saturated carbocycles. The number of piperidine rings is 1. The molecule has 0 aliphatic carbocycles. The number of pyridine rings is 1. The average Bonchev–Trinajstić information content (AvgIpc) is 2.71. The number of hydrogen-bond donors (Lipinski definition) is 1. The highest BCUT2D eigenvalue weighted by atomic mass is 35.5. The minimum absolute atomic E-state index is 0.122. The maximum Gasteiger partial charge on any atom is 0.327 e. The van der Waals surface area contributed by atoms with Gasteiger partial charge in [0.05, 0.1) is 12.6 Å². The number of aromatic nitrogens is 1. The number of carbonyl (C=O) groups is 2. The van der Waals surface area contributed by atoms with Crippen LogP contribution in [0.25, 0.3) is 0 Å². The van der Waals surface area contributed by atoms with Gasteiger partial charge in [0.2, 0.25) is 5.91 Å². The van der Waals surface area contributed by atoms with Gasteiger partial charge in [0.1, 0.15) is 6.04 Å². The molecule has 2 aromatic rings. The maximum atomic E-state index is 13.2. The molecule has 2 aliphatic rings. The lowest BCUT2D eigenvalue weighted by Gasteiger charge is -2.47. The number of nitrogens with one attached hydrogen (secondary N) is 1. The van der Waals surface area contributed by atoms with Gasteiger partial charge in [-0.25, -0.2) is 4.79 Å². The standard InChI is InChI=1S/C20H21ClN4O2/c21-16-5-3-14(4-6-16)12-24-17-2-1-9-23-18(17)19(26)25(20(24)27)13-15-7-10-22-11-8-15/h3-8,10-11,17-18,23H,1-2,9,12-13H2. The lowest BCUT2D eigenvalue weighted by molar-refractivity contribution is -0.137. The smallest absolute Gasteiger partial charge is 0.315 e. The summed E-state index contributed by atoms with van der Waals surface area (Å²) in [5.74, 6) is -0.145. The van der Waals surface area contributed by atoms with E-state index in [1.807, 2.05) is 41.3 Å². The molecule has 4 rings (SSSR count). The minimum Gasteiger partial charge on any atom is -0.315 e. The fourth-order valence-electron chi connectivity index (χ4n) is 3.81. The Kier molecular flexibility index (Phi) is 5.09. The van der Waals surface area contributed by atoms with Crippen molar-refractivity contribution in [2.45, 2.75) is 38.0 Å². The Labute approximate surface area is 163 Å². The van der Waals surface area contributed by atoms with Gasteiger partial charge in [-0.15, -0.1) is 0 Å². The Morgan fingerprint density at radius 2 is 1.74 bits per heavy atom. The summed E-state index contributed by atoms with van der Waals surface area (Å²) in [6, 6.07) is 10.4. The van der Waals surface area contributed by atoms with Crippen LogP contribution in [-0.4, -0.2) is 45.4 Å². The van der Waals surface area contributed by atoms with E-state index in [2.05, 4.69) is 10.3 Å². The zero-order valence-corrected chi connectivity index (χ0v) is 15.6. The van der Waals surface area contributed by atoms with Crippen molar-refractivity contribution < 1.29 is 9.59 Å². The van der Waals surface area contributed by atoms with Crippen molar-refractivity contribution in [3.63, 3.8) is 0 Å². The Morgan fingerprint density at radius 1 is 1.04 bits per heavy atom. The van der Waals surface area contributed by atoms with E-state index < -0.39 is 0 Å². The largest absolute Gasteiger partial charge is 0.327 e. The van der Waals surface area contributed by atoms with Crippen LogP contribution in [0.2, 0.25) is 5.02 Å². The number of hydrogen-bond acceptors (Lipinski definition) is 4. The zero-order chi connectivity index (χ0) is 18.8. The predicted octanol–water partition coefficient (Wildman–Crippen LogP) is 2.82. The van der Waals surface area contributed by atoms with Crippen molar-refractivity contribution in [1.82, 2.24) is 20.1 Å². The van der Waals surface area contributed by atoms with Crippen molar-refractivity contribution in [2.75, 3.05) is 6.54 Å². The fourth-order valence-corrected chi connectivity index (χ4v) is 3.93. The van der Waals surface area contributed by atoms with Crippen LogP contribution in [0.15, 0.2) is 48.8 Å². The topological polar surface area (TPSA) is 65.5 Å². The zero-order valence-electron chi connectivity index (χ0n) is 14.8. The average molecular weight is 385 g/mol. The number of amides is 3. The van der Waals surface area contributed by atoms with Crippen LogP contribution in [0.4, 0.5) is 4.79 Å². The second kappa shape index (κ2) is 7.66. The number of nitrogens with zero attached hydrogens (tertiary/aromatic N) is 3. The number of rotatable bonds is 4. The lowest BCUT2D eigenvalue weighted by Crippen LogP contribution is -2.68. The van der Waals surface area contributed by atoms with E-state index >= 15 is 0 Å². The Balaban J connectivity index is 1.62. The summed E-state index contributed by atoms with van der Waals surface area (Å²) >= 11 is 5.98. The molecule has 2 unspecified atom stereocenters. The van der Waals surface area contributed by atoms with Gasteiger partial charge in [-0.3, -0.25) is 14.7 Å². The van der Waals surface area contributed by atoms with Crippen molar-refractivity contribution in [3.05, 3.63) is 64.9 Å². The molecule has 140 valence electrons. The quantitative estimate of drug-likeness (QED) is 0.880. The first-order chi connectivity index (χ1) is 13.1. The number of halogens is 1. The molecule has 7 heteroatoms. The normalized spacial score (nSPS) is 22.7. The summed E-state index contributed by atoms with van der Waals surface area (Å²) in [6.45, 7) is 1.50. The monoisotopic (exact) mass is 384 g/mol. The summed E-state index contributed by atoms with van der Waals surface area (Å²) < 4.78 is 0. The van der Waals surface area contributed by atoms with E-state index in [-0.39, 0.29) is 30.6 Å². The molecule has 0 bridgehead atoms. The van der Waals surface area contributed by atoms with E-state index in [4.69, 9.17) is 11.6 Å². The summed E-state index contributed by atoms with van der Waals surface area (Å²) in [5.41, 5.74) is 1.88. The molecule has 2 fully saturated rings. The molecule has 6 nitrogen and oxygen atoms in total. The molecular formula is C20H21ClN4O2. The number of carbonyl (C=O) groups excluding carboxylic acids is 2. The molecule has 27 heavy (non-hydrogen) atoms. The number of fused-ring (bicyclic) bond motifs is 1. The van der Waals surface area contributed by atoms with Gasteiger partial charge in [0.15, 0.2) is 0 Å². The number of urea groups is 1. The van der Waals surface area contributed by atoms with E-state index in [0.717, 1.165) is 30.5 Å². The van der Waals surface area contributed by atoms with Crippen LogP contribution in [0.1, 0.15) is 24.0 Å². The van der Waals surface area contributed by atoms with Crippen LogP contribution < -0.4 is 5.32 Å². The molecule has 2 atom stereocenters.